The zero-order valence-corrected chi connectivity index (χ0v) is 6.39. The third kappa shape index (κ3) is 1.54. The van der Waals surface area contributed by atoms with Crippen LogP contribution in [-0.2, 0) is 11.3 Å². The van der Waals surface area contributed by atoms with E-state index >= 15 is 0 Å². The summed E-state index contributed by atoms with van der Waals surface area (Å²) in [7, 11) is 0. The minimum absolute atomic E-state index is 0.0648. The number of carboxylic acids is 1. The summed E-state index contributed by atoms with van der Waals surface area (Å²) in [6.07, 6.45) is 0. The van der Waals surface area contributed by atoms with Gasteiger partial charge in [0, 0.05) is 6.92 Å². The van der Waals surface area contributed by atoms with Gasteiger partial charge in [-0.25, -0.2) is 4.79 Å². The van der Waals surface area contributed by atoms with Crippen molar-refractivity contribution in [3.8, 4) is 0 Å². The fourth-order valence-corrected chi connectivity index (χ4v) is 1.44. The molecule has 1 rings (SSSR count). The number of nitrogens with zero attached hydrogens (tertiary/aromatic N) is 1. The summed E-state index contributed by atoms with van der Waals surface area (Å²) in [5.74, 6) is -0.800. The maximum Gasteiger partial charge on any atom is 0.370 e. The highest BCUT2D eigenvalue weighted by molar-refractivity contribution is 7.07. The van der Waals surface area contributed by atoms with E-state index in [0.717, 1.165) is 5.69 Å². The number of thiazole rings is 1. The van der Waals surface area contributed by atoms with Gasteiger partial charge in [0.1, 0.15) is 0 Å². The van der Waals surface area contributed by atoms with E-state index in [1.807, 2.05) is 12.3 Å². The molecule has 1 heterocycles. The van der Waals surface area contributed by atoms with Gasteiger partial charge in [-0.15, -0.1) is 0 Å². The molecule has 1 aromatic heterocycles. The van der Waals surface area contributed by atoms with Crippen LogP contribution in [-0.4, -0.2) is 11.1 Å². The van der Waals surface area contributed by atoms with E-state index in [9.17, 15) is 4.79 Å². The lowest BCUT2D eigenvalue weighted by molar-refractivity contribution is -0.686. The Bertz CT molecular complexity index is 244. The van der Waals surface area contributed by atoms with Gasteiger partial charge in [0.25, 0.3) is 0 Å². The first-order chi connectivity index (χ1) is 4.70. The topological polar surface area (TPSA) is 41.2 Å². The molecule has 0 aliphatic heterocycles. The number of rotatable bonds is 2. The first kappa shape index (κ1) is 7.21. The molecule has 0 unspecified atom stereocenters. The van der Waals surface area contributed by atoms with Gasteiger partial charge in [-0.05, 0) is 0 Å². The van der Waals surface area contributed by atoms with Crippen LogP contribution in [0.3, 0.4) is 0 Å². The summed E-state index contributed by atoms with van der Waals surface area (Å²) in [4.78, 5) is 10.2. The summed E-state index contributed by atoms with van der Waals surface area (Å²) in [5, 5.41) is 10.3. The molecule has 0 aliphatic rings. The Morgan fingerprint density at radius 1 is 1.90 bits per heavy atom. The van der Waals surface area contributed by atoms with Gasteiger partial charge in [-0.2, -0.15) is 4.57 Å². The number of aromatic nitrogens is 1. The van der Waals surface area contributed by atoms with Crippen LogP contribution in [0.2, 0.25) is 0 Å². The molecule has 0 aromatic carbocycles. The molecule has 0 saturated heterocycles. The molecule has 10 heavy (non-hydrogen) atoms. The van der Waals surface area contributed by atoms with Crippen molar-refractivity contribution in [1.82, 2.24) is 0 Å². The number of aryl methyl sites for hydroxylation is 1. The largest absolute Gasteiger partial charge is 0.477 e. The monoisotopic (exact) mass is 158 g/mol. The Hall–Kier alpha value is -0.900. The number of hydrogen-bond donors (Lipinski definition) is 1. The SMILES string of the molecule is Cc1csc[n+]1CC(=O)O. The van der Waals surface area contributed by atoms with Crippen LogP contribution < -0.4 is 4.57 Å². The Morgan fingerprint density at radius 3 is 3.00 bits per heavy atom. The first-order valence-electron chi connectivity index (χ1n) is 2.84. The average molecular weight is 158 g/mol. The van der Waals surface area contributed by atoms with Gasteiger partial charge in [0.2, 0.25) is 12.1 Å². The van der Waals surface area contributed by atoms with Crippen LogP contribution in [0.1, 0.15) is 5.69 Å². The summed E-state index contributed by atoms with van der Waals surface area (Å²) < 4.78 is 1.70. The van der Waals surface area contributed by atoms with Gasteiger partial charge in [0.15, 0.2) is 5.69 Å². The van der Waals surface area contributed by atoms with Crippen molar-refractivity contribution in [1.29, 1.82) is 0 Å². The van der Waals surface area contributed by atoms with Crippen molar-refractivity contribution in [3.63, 3.8) is 0 Å². The third-order valence-corrected chi connectivity index (χ3v) is 2.04. The molecule has 1 N–H and O–H groups in total. The zero-order valence-electron chi connectivity index (χ0n) is 5.57. The summed E-state index contributed by atoms with van der Waals surface area (Å²) in [6, 6.07) is 0. The van der Waals surface area contributed by atoms with Gasteiger partial charge < -0.3 is 5.11 Å². The van der Waals surface area contributed by atoms with Crippen molar-refractivity contribution < 1.29 is 14.5 Å². The van der Waals surface area contributed by atoms with Crippen molar-refractivity contribution in [3.05, 3.63) is 16.6 Å². The van der Waals surface area contributed by atoms with Gasteiger partial charge in [0.05, 0.1) is 5.38 Å². The van der Waals surface area contributed by atoms with Crippen molar-refractivity contribution in [2.24, 2.45) is 0 Å². The van der Waals surface area contributed by atoms with Crippen molar-refractivity contribution >= 4 is 17.3 Å². The lowest BCUT2D eigenvalue weighted by atomic mass is 10.5. The summed E-state index contributed by atoms with van der Waals surface area (Å²) in [5.41, 5.74) is 2.79. The van der Waals surface area contributed by atoms with Crippen LogP contribution in [0, 0.1) is 6.92 Å². The van der Waals surface area contributed by atoms with Crippen LogP contribution in [0.15, 0.2) is 10.9 Å². The van der Waals surface area contributed by atoms with E-state index in [4.69, 9.17) is 5.11 Å². The smallest absolute Gasteiger partial charge is 0.370 e. The van der Waals surface area contributed by atoms with E-state index in [1.54, 1.807) is 10.1 Å². The van der Waals surface area contributed by atoms with E-state index < -0.39 is 5.97 Å². The second-order valence-electron chi connectivity index (χ2n) is 2.02. The second-order valence-corrected chi connectivity index (χ2v) is 2.74. The van der Waals surface area contributed by atoms with Gasteiger partial charge in [-0.3, -0.25) is 0 Å². The number of aliphatic carboxylic acids is 1. The molecule has 0 saturated carbocycles. The Balaban J connectivity index is 2.74. The summed E-state index contributed by atoms with van der Waals surface area (Å²) >= 11 is 1.51. The fourth-order valence-electron chi connectivity index (χ4n) is 0.661. The normalized spacial score (nSPS) is 9.70. The minimum atomic E-state index is -0.800. The Kier molecular flexibility index (Phi) is 2.01. The molecular weight excluding hydrogens is 150 g/mol. The molecule has 0 aliphatic carbocycles. The number of carboxylic acid groups (broad SMARTS) is 1. The van der Waals surface area contributed by atoms with Crippen molar-refractivity contribution in [2.45, 2.75) is 13.5 Å². The summed E-state index contributed by atoms with van der Waals surface area (Å²) in [6.45, 7) is 1.95. The second kappa shape index (κ2) is 2.79. The molecule has 0 fully saturated rings. The Morgan fingerprint density at radius 2 is 2.60 bits per heavy atom. The quantitative estimate of drug-likeness (QED) is 0.634. The highest BCUT2D eigenvalue weighted by Crippen LogP contribution is 1.95. The molecular formula is C6H8NO2S+. The van der Waals surface area contributed by atoms with E-state index in [-0.39, 0.29) is 6.54 Å². The molecule has 0 radical (unpaired) electrons. The zero-order chi connectivity index (χ0) is 7.56. The van der Waals surface area contributed by atoms with Crippen LogP contribution >= 0.6 is 11.3 Å². The molecule has 0 amide bonds. The number of carbonyl (C=O) groups is 1. The van der Waals surface area contributed by atoms with E-state index in [2.05, 4.69) is 0 Å². The molecule has 0 spiro atoms. The van der Waals surface area contributed by atoms with Gasteiger partial charge in [-0.1, -0.05) is 11.3 Å². The maximum atomic E-state index is 10.2. The van der Waals surface area contributed by atoms with Crippen LogP contribution in [0.5, 0.6) is 0 Å². The average Bonchev–Trinajstić information content (AvgIpc) is 2.15. The van der Waals surface area contributed by atoms with Crippen LogP contribution in [0.25, 0.3) is 0 Å². The standard InChI is InChI=1S/C6H7NO2S/c1-5-3-10-4-7(5)2-6(8)9/h3-4H,2H2,1H3/p+1. The molecule has 0 atom stereocenters. The van der Waals surface area contributed by atoms with Crippen LogP contribution in [0.4, 0.5) is 0 Å². The maximum absolute atomic E-state index is 10.2. The Labute approximate surface area is 62.6 Å². The fraction of sp³-hybridized carbons (Fsp3) is 0.333. The predicted octanol–water partition coefficient (Wildman–Crippen LogP) is 0.429. The molecule has 4 heteroatoms. The lowest BCUT2D eigenvalue weighted by Gasteiger charge is -1.86. The molecule has 3 nitrogen and oxygen atoms in total. The van der Waals surface area contributed by atoms with Crippen molar-refractivity contribution in [2.75, 3.05) is 0 Å². The minimum Gasteiger partial charge on any atom is -0.477 e. The molecule has 54 valence electrons. The highest BCUT2D eigenvalue weighted by atomic mass is 32.1. The van der Waals surface area contributed by atoms with E-state index in [0.29, 0.717) is 0 Å². The molecule has 0 bridgehead atoms. The molecule has 1 aromatic rings. The lowest BCUT2D eigenvalue weighted by Crippen LogP contribution is -2.37. The van der Waals surface area contributed by atoms with E-state index in [1.165, 1.54) is 11.3 Å². The predicted molar refractivity (Wildman–Crippen MR) is 36.9 cm³/mol. The van der Waals surface area contributed by atoms with Gasteiger partial charge >= 0.3 is 5.97 Å². The highest BCUT2D eigenvalue weighted by Gasteiger charge is 2.10. The third-order valence-electron chi connectivity index (χ3n) is 1.19. The first-order valence-corrected chi connectivity index (χ1v) is 3.78. The number of hydrogen-bond acceptors (Lipinski definition) is 2.